The molecule has 5 nitrogen and oxygen atoms in total. The van der Waals surface area contributed by atoms with Crippen molar-refractivity contribution in [3.63, 3.8) is 0 Å². The van der Waals surface area contributed by atoms with E-state index in [0.29, 0.717) is 23.4 Å². The van der Waals surface area contributed by atoms with Gasteiger partial charge in [0.15, 0.2) is 5.15 Å². The standard InChI is InChI=1S/C10H15ClN4O/c1-6-5-16-7(2)4-15(6)10-12-8(3)9(11)13-14-10/h6-7H,4-5H2,1-3H3/t6-,7-/m1/s1. The summed E-state index contributed by atoms with van der Waals surface area (Å²) in [6.07, 6.45) is 0.191. The van der Waals surface area contributed by atoms with Gasteiger partial charge in [-0.1, -0.05) is 11.6 Å². The zero-order valence-corrected chi connectivity index (χ0v) is 10.4. The number of hydrogen-bond acceptors (Lipinski definition) is 5. The first-order chi connectivity index (χ1) is 7.58. The molecule has 1 aliphatic heterocycles. The number of ether oxygens (including phenoxy) is 1. The van der Waals surface area contributed by atoms with Gasteiger partial charge in [-0.2, -0.15) is 0 Å². The molecule has 6 heteroatoms. The van der Waals surface area contributed by atoms with E-state index in [-0.39, 0.29) is 12.1 Å². The predicted molar refractivity (Wildman–Crippen MR) is 61.8 cm³/mol. The second kappa shape index (κ2) is 4.51. The smallest absolute Gasteiger partial charge is 0.246 e. The summed E-state index contributed by atoms with van der Waals surface area (Å²) in [6, 6.07) is 0.263. The number of rotatable bonds is 1. The lowest BCUT2D eigenvalue weighted by atomic mass is 10.2. The van der Waals surface area contributed by atoms with Crippen molar-refractivity contribution < 1.29 is 4.74 Å². The Balaban J connectivity index is 2.24. The van der Waals surface area contributed by atoms with Crippen molar-refractivity contribution in [2.24, 2.45) is 0 Å². The van der Waals surface area contributed by atoms with Crippen LogP contribution in [0.4, 0.5) is 5.95 Å². The topological polar surface area (TPSA) is 51.1 Å². The molecule has 0 bridgehead atoms. The van der Waals surface area contributed by atoms with Crippen molar-refractivity contribution in [1.29, 1.82) is 0 Å². The molecule has 0 aliphatic carbocycles. The summed E-state index contributed by atoms with van der Waals surface area (Å²) >= 11 is 5.81. The second-order valence-corrected chi connectivity index (χ2v) is 4.49. The van der Waals surface area contributed by atoms with Gasteiger partial charge in [-0.25, -0.2) is 4.98 Å². The van der Waals surface area contributed by atoms with Crippen LogP contribution < -0.4 is 4.90 Å². The Hall–Kier alpha value is -0.940. The summed E-state index contributed by atoms with van der Waals surface area (Å²) in [5.74, 6) is 0.629. The summed E-state index contributed by atoms with van der Waals surface area (Å²) in [4.78, 5) is 6.45. The first kappa shape index (κ1) is 11.5. The fourth-order valence-corrected chi connectivity index (χ4v) is 1.76. The third-order valence-electron chi connectivity index (χ3n) is 2.66. The average molecular weight is 243 g/mol. The van der Waals surface area contributed by atoms with E-state index >= 15 is 0 Å². The number of halogens is 1. The highest BCUT2D eigenvalue weighted by Crippen LogP contribution is 2.19. The lowest BCUT2D eigenvalue weighted by molar-refractivity contribution is 0.0336. The van der Waals surface area contributed by atoms with Crippen molar-refractivity contribution in [3.05, 3.63) is 10.8 Å². The van der Waals surface area contributed by atoms with Gasteiger partial charge in [0.05, 0.1) is 24.4 Å². The van der Waals surface area contributed by atoms with Crippen molar-refractivity contribution >= 4 is 17.5 Å². The van der Waals surface area contributed by atoms with Crippen LogP contribution in [-0.4, -0.2) is 40.5 Å². The van der Waals surface area contributed by atoms with Crippen molar-refractivity contribution in [3.8, 4) is 0 Å². The minimum Gasteiger partial charge on any atom is -0.375 e. The molecule has 2 atom stereocenters. The molecular formula is C10H15ClN4O. The van der Waals surface area contributed by atoms with Crippen LogP contribution in [0.2, 0.25) is 5.15 Å². The lowest BCUT2D eigenvalue weighted by Gasteiger charge is -2.36. The third kappa shape index (κ3) is 2.25. The van der Waals surface area contributed by atoms with E-state index in [1.807, 2.05) is 13.8 Å². The summed E-state index contributed by atoms with van der Waals surface area (Å²) in [6.45, 7) is 7.42. The van der Waals surface area contributed by atoms with E-state index in [1.165, 1.54) is 0 Å². The molecule has 0 saturated carbocycles. The Labute approximate surface area is 99.8 Å². The van der Waals surface area contributed by atoms with E-state index in [4.69, 9.17) is 16.3 Å². The number of morpholine rings is 1. The number of hydrogen-bond donors (Lipinski definition) is 0. The molecule has 0 unspecified atom stereocenters. The zero-order chi connectivity index (χ0) is 11.7. The van der Waals surface area contributed by atoms with E-state index in [1.54, 1.807) is 0 Å². The molecular weight excluding hydrogens is 228 g/mol. The SMILES string of the molecule is Cc1nc(N2C[C@@H](C)OC[C@H]2C)nnc1Cl. The van der Waals surface area contributed by atoms with Crippen LogP contribution in [0.15, 0.2) is 0 Å². The fourth-order valence-electron chi connectivity index (χ4n) is 1.68. The van der Waals surface area contributed by atoms with Gasteiger partial charge >= 0.3 is 0 Å². The van der Waals surface area contributed by atoms with Gasteiger partial charge in [-0.3, -0.25) is 0 Å². The molecule has 1 aliphatic rings. The maximum Gasteiger partial charge on any atom is 0.246 e. The van der Waals surface area contributed by atoms with E-state index in [2.05, 4.69) is 27.0 Å². The maximum absolute atomic E-state index is 5.81. The van der Waals surface area contributed by atoms with Crippen LogP contribution in [0.1, 0.15) is 19.5 Å². The van der Waals surface area contributed by atoms with Crippen LogP contribution in [0.3, 0.4) is 0 Å². The van der Waals surface area contributed by atoms with E-state index < -0.39 is 0 Å². The minimum absolute atomic E-state index is 0.191. The molecule has 88 valence electrons. The minimum atomic E-state index is 0.191. The molecule has 0 radical (unpaired) electrons. The largest absolute Gasteiger partial charge is 0.375 e. The maximum atomic E-state index is 5.81. The summed E-state index contributed by atoms with van der Waals surface area (Å²) in [5.41, 5.74) is 0.706. The van der Waals surface area contributed by atoms with E-state index in [0.717, 1.165) is 6.54 Å². The Morgan fingerprint density at radius 1 is 1.38 bits per heavy atom. The number of nitrogens with zero attached hydrogens (tertiary/aromatic N) is 4. The van der Waals surface area contributed by atoms with Gasteiger partial charge in [0.1, 0.15) is 0 Å². The zero-order valence-electron chi connectivity index (χ0n) is 9.64. The highest BCUT2D eigenvalue weighted by molar-refractivity contribution is 6.29. The lowest BCUT2D eigenvalue weighted by Crippen LogP contribution is -2.48. The average Bonchev–Trinajstić information content (AvgIpc) is 2.26. The highest BCUT2D eigenvalue weighted by Gasteiger charge is 2.26. The monoisotopic (exact) mass is 242 g/mol. The van der Waals surface area contributed by atoms with Crippen LogP contribution in [0.25, 0.3) is 0 Å². The summed E-state index contributed by atoms with van der Waals surface area (Å²) < 4.78 is 5.55. The first-order valence-electron chi connectivity index (χ1n) is 5.33. The van der Waals surface area contributed by atoms with Gasteiger partial charge in [-0.15, -0.1) is 10.2 Å². The van der Waals surface area contributed by atoms with Crippen molar-refractivity contribution in [2.45, 2.75) is 32.9 Å². The third-order valence-corrected chi connectivity index (χ3v) is 3.01. The molecule has 0 aromatic carbocycles. The van der Waals surface area contributed by atoms with Crippen LogP contribution in [-0.2, 0) is 4.74 Å². The van der Waals surface area contributed by atoms with Gasteiger partial charge in [0, 0.05) is 6.54 Å². The van der Waals surface area contributed by atoms with Gasteiger partial charge in [0.2, 0.25) is 5.95 Å². The van der Waals surface area contributed by atoms with E-state index in [9.17, 15) is 0 Å². The predicted octanol–water partition coefficient (Wildman–Crippen LogP) is 1.45. The van der Waals surface area contributed by atoms with Crippen molar-refractivity contribution in [1.82, 2.24) is 15.2 Å². The van der Waals surface area contributed by atoms with Crippen LogP contribution in [0.5, 0.6) is 0 Å². The molecule has 1 aromatic heterocycles. The first-order valence-corrected chi connectivity index (χ1v) is 5.70. The molecule has 2 heterocycles. The molecule has 1 saturated heterocycles. The number of aromatic nitrogens is 3. The molecule has 0 spiro atoms. The fraction of sp³-hybridized carbons (Fsp3) is 0.700. The molecule has 2 rings (SSSR count). The number of anilines is 1. The quantitative estimate of drug-likeness (QED) is 0.746. The summed E-state index contributed by atoms with van der Waals surface area (Å²) in [5, 5.41) is 8.27. The Bertz CT molecular complexity index is 387. The molecule has 1 fully saturated rings. The van der Waals surface area contributed by atoms with Gasteiger partial charge in [-0.05, 0) is 20.8 Å². The normalized spacial score (nSPS) is 25.9. The Morgan fingerprint density at radius 3 is 2.81 bits per heavy atom. The molecule has 0 N–H and O–H groups in total. The second-order valence-electron chi connectivity index (χ2n) is 4.13. The Kier molecular flexibility index (Phi) is 3.25. The molecule has 16 heavy (non-hydrogen) atoms. The van der Waals surface area contributed by atoms with Crippen LogP contribution >= 0.6 is 11.6 Å². The summed E-state index contributed by atoms with van der Waals surface area (Å²) in [7, 11) is 0. The molecule has 0 amide bonds. The number of aryl methyl sites for hydroxylation is 1. The molecule has 1 aromatic rings. The highest BCUT2D eigenvalue weighted by atomic mass is 35.5. The van der Waals surface area contributed by atoms with Gasteiger partial charge < -0.3 is 9.64 Å². The van der Waals surface area contributed by atoms with Crippen molar-refractivity contribution in [2.75, 3.05) is 18.1 Å². The van der Waals surface area contributed by atoms with Crippen LogP contribution in [0, 0.1) is 6.92 Å². The Morgan fingerprint density at radius 2 is 2.12 bits per heavy atom. The van der Waals surface area contributed by atoms with Gasteiger partial charge in [0.25, 0.3) is 0 Å².